The van der Waals surface area contributed by atoms with Crippen LogP contribution in [0, 0.1) is 11.6 Å². The molecule has 3 rings (SSSR count). The summed E-state index contributed by atoms with van der Waals surface area (Å²) in [5.41, 5.74) is 2.54. The molecule has 0 spiro atoms. The summed E-state index contributed by atoms with van der Waals surface area (Å²) in [5.74, 6) is -1.07. The van der Waals surface area contributed by atoms with E-state index in [9.17, 15) is 8.78 Å². The largest absolute Gasteiger partial charge is 0.377 e. The quantitative estimate of drug-likeness (QED) is 0.837. The molecule has 0 saturated heterocycles. The van der Waals surface area contributed by atoms with Crippen LogP contribution in [0.2, 0.25) is 0 Å². The van der Waals surface area contributed by atoms with Gasteiger partial charge in [0.15, 0.2) is 0 Å². The fourth-order valence-electron chi connectivity index (χ4n) is 2.69. The van der Waals surface area contributed by atoms with Crippen molar-refractivity contribution < 1.29 is 8.78 Å². The Balaban J connectivity index is 1.79. The SMILES string of the molecule is Fc1cccc(F)c1NC1CCc2cc(Br)ccc2C1. The molecule has 1 nitrogen and oxygen atoms in total. The molecule has 20 heavy (non-hydrogen) atoms. The van der Waals surface area contributed by atoms with Gasteiger partial charge in [-0.05, 0) is 54.7 Å². The van der Waals surface area contributed by atoms with E-state index in [4.69, 9.17) is 0 Å². The number of halogens is 3. The van der Waals surface area contributed by atoms with Crippen LogP contribution in [-0.4, -0.2) is 6.04 Å². The smallest absolute Gasteiger partial charge is 0.149 e. The maximum absolute atomic E-state index is 13.6. The van der Waals surface area contributed by atoms with Crippen LogP contribution in [0.5, 0.6) is 0 Å². The zero-order valence-corrected chi connectivity index (χ0v) is 12.4. The van der Waals surface area contributed by atoms with Crippen molar-refractivity contribution in [3.05, 3.63) is 63.6 Å². The highest BCUT2D eigenvalue weighted by Crippen LogP contribution is 2.28. The second kappa shape index (κ2) is 5.52. The summed E-state index contributed by atoms with van der Waals surface area (Å²) in [6, 6.07) is 10.2. The number of anilines is 1. The van der Waals surface area contributed by atoms with Crippen LogP contribution in [0.25, 0.3) is 0 Å². The number of rotatable bonds is 2. The number of nitrogens with one attached hydrogen (secondary N) is 1. The first kappa shape index (κ1) is 13.6. The van der Waals surface area contributed by atoms with E-state index in [1.54, 1.807) is 0 Å². The Hall–Kier alpha value is -1.42. The average Bonchev–Trinajstić information content (AvgIpc) is 2.43. The van der Waals surface area contributed by atoms with Gasteiger partial charge in [-0.25, -0.2) is 8.78 Å². The molecule has 1 N–H and O–H groups in total. The van der Waals surface area contributed by atoms with Crippen LogP contribution in [0.3, 0.4) is 0 Å². The van der Waals surface area contributed by atoms with Gasteiger partial charge in [0, 0.05) is 10.5 Å². The number of hydrogen-bond donors (Lipinski definition) is 1. The third-order valence-corrected chi connectivity index (χ3v) is 4.20. The van der Waals surface area contributed by atoms with Crippen molar-refractivity contribution in [2.45, 2.75) is 25.3 Å². The highest BCUT2D eigenvalue weighted by atomic mass is 79.9. The molecule has 4 heteroatoms. The van der Waals surface area contributed by atoms with Crippen molar-refractivity contribution >= 4 is 21.6 Å². The second-order valence-corrected chi connectivity index (χ2v) is 6.01. The first-order valence-corrected chi connectivity index (χ1v) is 7.40. The standard InChI is InChI=1S/C16H14BrF2N/c17-12-6-4-11-9-13(7-5-10(11)8-12)20-16-14(18)2-1-3-15(16)19/h1-4,6,8,13,20H,5,7,9H2. The second-order valence-electron chi connectivity index (χ2n) is 5.09. The van der Waals surface area contributed by atoms with Gasteiger partial charge in [-0.2, -0.15) is 0 Å². The third kappa shape index (κ3) is 2.70. The highest BCUT2D eigenvalue weighted by Gasteiger charge is 2.20. The Bertz CT molecular complexity index is 622. The predicted molar refractivity (Wildman–Crippen MR) is 79.9 cm³/mol. The highest BCUT2D eigenvalue weighted by molar-refractivity contribution is 9.10. The molecule has 2 aromatic rings. The Labute approximate surface area is 125 Å². The lowest BCUT2D eigenvalue weighted by atomic mass is 9.88. The van der Waals surface area contributed by atoms with E-state index < -0.39 is 11.6 Å². The van der Waals surface area contributed by atoms with Crippen molar-refractivity contribution in [3.63, 3.8) is 0 Å². The van der Waals surface area contributed by atoms with Crippen LogP contribution in [0.15, 0.2) is 40.9 Å². The van der Waals surface area contributed by atoms with Crippen molar-refractivity contribution in [1.82, 2.24) is 0 Å². The maximum atomic E-state index is 13.6. The van der Waals surface area contributed by atoms with Crippen LogP contribution in [0.1, 0.15) is 17.5 Å². The monoisotopic (exact) mass is 337 g/mol. The predicted octanol–water partition coefficient (Wildman–Crippen LogP) is 4.70. The number of hydrogen-bond acceptors (Lipinski definition) is 1. The average molecular weight is 338 g/mol. The molecule has 0 radical (unpaired) electrons. The van der Waals surface area contributed by atoms with Crippen molar-refractivity contribution in [1.29, 1.82) is 0 Å². The summed E-state index contributed by atoms with van der Waals surface area (Å²) < 4.78 is 28.4. The van der Waals surface area contributed by atoms with Gasteiger partial charge in [-0.3, -0.25) is 0 Å². The first-order valence-electron chi connectivity index (χ1n) is 6.61. The van der Waals surface area contributed by atoms with E-state index in [0.717, 1.165) is 23.7 Å². The molecule has 1 aliphatic carbocycles. The molecule has 0 amide bonds. The molecule has 0 fully saturated rings. The zero-order chi connectivity index (χ0) is 14.1. The molecule has 1 unspecified atom stereocenters. The van der Waals surface area contributed by atoms with Crippen LogP contribution in [0.4, 0.5) is 14.5 Å². The third-order valence-electron chi connectivity index (χ3n) is 3.71. The van der Waals surface area contributed by atoms with Crippen molar-refractivity contribution in [2.24, 2.45) is 0 Å². The lowest BCUT2D eigenvalue weighted by molar-refractivity contribution is 0.563. The number of aryl methyl sites for hydroxylation is 1. The van der Waals surface area contributed by atoms with E-state index in [2.05, 4.69) is 33.4 Å². The fraction of sp³-hybridized carbons (Fsp3) is 0.250. The van der Waals surface area contributed by atoms with Gasteiger partial charge in [0.25, 0.3) is 0 Å². The minimum Gasteiger partial charge on any atom is -0.377 e. The molecule has 0 bridgehead atoms. The van der Waals surface area contributed by atoms with Gasteiger partial charge in [0.2, 0.25) is 0 Å². The summed E-state index contributed by atoms with van der Waals surface area (Å²) in [6.45, 7) is 0. The Morgan fingerprint density at radius 1 is 1.05 bits per heavy atom. The normalized spacial score (nSPS) is 17.6. The molecule has 0 aromatic heterocycles. The molecular formula is C16H14BrF2N. The summed E-state index contributed by atoms with van der Waals surface area (Å²) in [4.78, 5) is 0. The number of fused-ring (bicyclic) bond motifs is 1. The minimum atomic E-state index is -0.536. The van der Waals surface area contributed by atoms with E-state index in [-0.39, 0.29) is 11.7 Å². The summed E-state index contributed by atoms with van der Waals surface area (Å²) in [7, 11) is 0. The Morgan fingerprint density at radius 2 is 1.80 bits per heavy atom. The van der Waals surface area contributed by atoms with E-state index in [1.165, 1.54) is 29.3 Å². The molecular weight excluding hydrogens is 324 g/mol. The summed E-state index contributed by atoms with van der Waals surface area (Å²) in [5, 5.41) is 3.01. The minimum absolute atomic E-state index is 0.0157. The molecule has 2 aromatic carbocycles. The summed E-state index contributed by atoms with van der Waals surface area (Å²) >= 11 is 3.46. The molecule has 0 saturated carbocycles. The van der Waals surface area contributed by atoms with Gasteiger partial charge >= 0.3 is 0 Å². The van der Waals surface area contributed by atoms with Gasteiger partial charge in [-0.1, -0.05) is 28.1 Å². The van der Waals surface area contributed by atoms with E-state index in [0.29, 0.717) is 0 Å². The van der Waals surface area contributed by atoms with Crippen LogP contribution in [-0.2, 0) is 12.8 Å². The molecule has 1 atom stereocenters. The maximum Gasteiger partial charge on any atom is 0.149 e. The topological polar surface area (TPSA) is 12.0 Å². The Morgan fingerprint density at radius 3 is 2.55 bits per heavy atom. The lowest BCUT2D eigenvalue weighted by Crippen LogP contribution is -2.28. The molecule has 0 aliphatic heterocycles. The van der Waals surface area contributed by atoms with Crippen molar-refractivity contribution in [3.8, 4) is 0 Å². The van der Waals surface area contributed by atoms with Gasteiger partial charge in [-0.15, -0.1) is 0 Å². The molecule has 104 valence electrons. The number of para-hydroxylation sites is 1. The van der Waals surface area contributed by atoms with Gasteiger partial charge in [0.1, 0.15) is 17.3 Å². The van der Waals surface area contributed by atoms with Crippen molar-refractivity contribution in [2.75, 3.05) is 5.32 Å². The zero-order valence-electron chi connectivity index (χ0n) is 10.8. The van der Waals surface area contributed by atoms with E-state index >= 15 is 0 Å². The molecule has 0 heterocycles. The first-order chi connectivity index (χ1) is 9.63. The van der Waals surface area contributed by atoms with Crippen LogP contribution >= 0.6 is 15.9 Å². The van der Waals surface area contributed by atoms with Crippen LogP contribution < -0.4 is 5.32 Å². The number of benzene rings is 2. The summed E-state index contributed by atoms with van der Waals surface area (Å²) in [6.07, 6.45) is 2.58. The molecule has 1 aliphatic rings. The van der Waals surface area contributed by atoms with Gasteiger partial charge in [0.05, 0.1) is 0 Å². The fourth-order valence-corrected chi connectivity index (χ4v) is 3.10. The van der Waals surface area contributed by atoms with Gasteiger partial charge < -0.3 is 5.32 Å². The van der Waals surface area contributed by atoms with E-state index in [1.807, 2.05) is 6.07 Å². The lowest BCUT2D eigenvalue weighted by Gasteiger charge is -2.26. The Kier molecular flexibility index (Phi) is 3.74.